The van der Waals surface area contributed by atoms with Crippen molar-refractivity contribution in [3.8, 4) is 0 Å². The van der Waals surface area contributed by atoms with Gasteiger partial charge in [-0.3, -0.25) is 4.79 Å². The molecule has 0 bridgehead atoms. The van der Waals surface area contributed by atoms with E-state index in [-0.39, 0.29) is 5.91 Å². The number of carbonyl (C=O) groups excluding carboxylic acids is 1. The zero-order chi connectivity index (χ0) is 19.6. The predicted octanol–water partition coefficient (Wildman–Crippen LogP) is 1.94. The van der Waals surface area contributed by atoms with Gasteiger partial charge in [0, 0.05) is 38.3 Å². The number of aliphatic imine (C=N–C) groups is 1. The van der Waals surface area contributed by atoms with Gasteiger partial charge in [-0.15, -0.1) is 10.2 Å². The second-order valence-electron chi connectivity index (χ2n) is 6.84. The first-order valence-electron chi connectivity index (χ1n) is 10.00. The van der Waals surface area contributed by atoms with E-state index in [0.717, 1.165) is 62.7 Å². The van der Waals surface area contributed by atoms with E-state index in [2.05, 4.69) is 32.7 Å². The maximum Gasteiger partial charge on any atom is 0.227 e. The monoisotopic (exact) mass is 383 g/mol. The third-order valence-corrected chi connectivity index (χ3v) is 4.69. The van der Waals surface area contributed by atoms with Gasteiger partial charge in [0.1, 0.15) is 12.7 Å². The lowest BCUT2D eigenvalue weighted by Gasteiger charge is -2.16. The van der Waals surface area contributed by atoms with Crippen molar-refractivity contribution < 1.29 is 4.79 Å². The fraction of sp³-hybridized carbons (Fsp3) is 0.500. The number of hydrogen-bond donors (Lipinski definition) is 2. The summed E-state index contributed by atoms with van der Waals surface area (Å²) in [6.07, 6.45) is 7.18. The molecule has 8 nitrogen and oxygen atoms in total. The average molecular weight is 384 g/mol. The Hall–Kier alpha value is -2.90. The van der Waals surface area contributed by atoms with E-state index in [1.165, 1.54) is 0 Å². The molecular weight excluding hydrogens is 354 g/mol. The molecule has 28 heavy (non-hydrogen) atoms. The molecule has 0 atom stereocenters. The third kappa shape index (κ3) is 5.80. The highest BCUT2D eigenvalue weighted by Gasteiger charge is 2.21. The van der Waals surface area contributed by atoms with Gasteiger partial charge in [0.15, 0.2) is 5.96 Å². The fourth-order valence-corrected chi connectivity index (χ4v) is 3.18. The van der Waals surface area contributed by atoms with Crippen LogP contribution in [0.3, 0.4) is 0 Å². The summed E-state index contributed by atoms with van der Waals surface area (Å²) in [7, 11) is 0. The summed E-state index contributed by atoms with van der Waals surface area (Å²) >= 11 is 0. The maximum absolute atomic E-state index is 11.8. The molecule has 1 aromatic heterocycles. The lowest BCUT2D eigenvalue weighted by molar-refractivity contribution is -0.117. The summed E-state index contributed by atoms with van der Waals surface area (Å²) < 4.78 is 1.98. The minimum absolute atomic E-state index is 0.216. The number of anilines is 1. The SMILES string of the molecule is CCNC(=NCc1ccc(N2CCCC2=O)cc1)NCCCCn1cnnc1. The standard InChI is InChI=1S/C20H29N7O/c1-2-21-20(22-11-3-4-12-26-15-24-25-16-26)23-14-17-7-9-18(10-8-17)27-13-5-6-19(27)28/h7-10,15-16H,2-6,11-14H2,1H3,(H2,21,22,23). The first kappa shape index (κ1) is 19.9. The molecule has 0 saturated carbocycles. The van der Waals surface area contributed by atoms with Gasteiger partial charge in [0.25, 0.3) is 0 Å². The lowest BCUT2D eigenvalue weighted by Crippen LogP contribution is -2.37. The van der Waals surface area contributed by atoms with Crippen LogP contribution in [0.25, 0.3) is 0 Å². The highest BCUT2D eigenvalue weighted by molar-refractivity contribution is 5.95. The molecule has 2 heterocycles. The summed E-state index contributed by atoms with van der Waals surface area (Å²) in [5, 5.41) is 14.3. The molecule has 1 fully saturated rings. The van der Waals surface area contributed by atoms with Crippen LogP contribution in [0.4, 0.5) is 5.69 Å². The average Bonchev–Trinajstić information content (AvgIpc) is 3.38. The van der Waals surface area contributed by atoms with E-state index >= 15 is 0 Å². The van der Waals surface area contributed by atoms with Crippen LogP contribution in [0.2, 0.25) is 0 Å². The highest BCUT2D eigenvalue weighted by atomic mass is 16.2. The Morgan fingerprint density at radius 2 is 1.93 bits per heavy atom. The van der Waals surface area contributed by atoms with E-state index in [4.69, 9.17) is 0 Å². The fourth-order valence-electron chi connectivity index (χ4n) is 3.18. The predicted molar refractivity (Wildman–Crippen MR) is 110 cm³/mol. The molecule has 1 aliphatic heterocycles. The Bertz CT molecular complexity index is 755. The second kappa shape index (κ2) is 10.4. The molecule has 1 aromatic carbocycles. The van der Waals surface area contributed by atoms with Crippen LogP contribution in [0, 0.1) is 0 Å². The van der Waals surface area contributed by atoms with E-state index < -0.39 is 0 Å². The molecule has 3 rings (SSSR count). The first-order chi connectivity index (χ1) is 13.8. The van der Waals surface area contributed by atoms with Crippen molar-refractivity contribution in [2.24, 2.45) is 4.99 Å². The van der Waals surface area contributed by atoms with Crippen molar-refractivity contribution >= 4 is 17.6 Å². The number of guanidine groups is 1. The Morgan fingerprint density at radius 3 is 2.61 bits per heavy atom. The summed E-state index contributed by atoms with van der Waals surface area (Å²) in [6, 6.07) is 8.12. The number of aromatic nitrogens is 3. The lowest BCUT2D eigenvalue weighted by atomic mass is 10.2. The van der Waals surface area contributed by atoms with Crippen LogP contribution in [0.1, 0.15) is 38.2 Å². The molecule has 0 aliphatic carbocycles. The minimum Gasteiger partial charge on any atom is -0.357 e. The van der Waals surface area contributed by atoms with E-state index in [1.807, 2.05) is 33.7 Å². The van der Waals surface area contributed by atoms with E-state index in [0.29, 0.717) is 13.0 Å². The summed E-state index contributed by atoms with van der Waals surface area (Å²) in [4.78, 5) is 18.4. The van der Waals surface area contributed by atoms with Crippen LogP contribution in [-0.2, 0) is 17.9 Å². The third-order valence-electron chi connectivity index (χ3n) is 4.69. The molecule has 1 aliphatic rings. The van der Waals surface area contributed by atoms with Gasteiger partial charge >= 0.3 is 0 Å². The van der Waals surface area contributed by atoms with Crippen molar-refractivity contribution in [3.63, 3.8) is 0 Å². The van der Waals surface area contributed by atoms with Crippen molar-refractivity contribution in [2.75, 3.05) is 24.5 Å². The van der Waals surface area contributed by atoms with Crippen LogP contribution in [0.15, 0.2) is 41.9 Å². The molecule has 2 N–H and O–H groups in total. The van der Waals surface area contributed by atoms with Crippen molar-refractivity contribution in [1.29, 1.82) is 0 Å². The van der Waals surface area contributed by atoms with Gasteiger partial charge in [0.05, 0.1) is 6.54 Å². The smallest absolute Gasteiger partial charge is 0.227 e. The Balaban J connectivity index is 1.44. The van der Waals surface area contributed by atoms with Crippen molar-refractivity contribution in [3.05, 3.63) is 42.5 Å². The van der Waals surface area contributed by atoms with Gasteiger partial charge in [-0.2, -0.15) is 0 Å². The molecule has 1 saturated heterocycles. The molecule has 1 amide bonds. The topological polar surface area (TPSA) is 87.4 Å². The molecular formula is C20H29N7O. The van der Waals surface area contributed by atoms with Gasteiger partial charge in [0.2, 0.25) is 5.91 Å². The van der Waals surface area contributed by atoms with Crippen molar-refractivity contribution in [2.45, 2.75) is 45.7 Å². The Morgan fingerprint density at radius 1 is 1.14 bits per heavy atom. The number of nitrogens with zero attached hydrogens (tertiary/aromatic N) is 5. The van der Waals surface area contributed by atoms with Gasteiger partial charge in [-0.25, -0.2) is 4.99 Å². The molecule has 8 heteroatoms. The number of nitrogens with one attached hydrogen (secondary N) is 2. The number of amides is 1. The van der Waals surface area contributed by atoms with Crippen molar-refractivity contribution in [1.82, 2.24) is 25.4 Å². The van der Waals surface area contributed by atoms with Crippen LogP contribution < -0.4 is 15.5 Å². The zero-order valence-electron chi connectivity index (χ0n) is 16.5. The number of rotatable bonds is 9. The summed E-state index contributed by atoms with van der Waals surface area (Å²) in [6.45, 7) is 6.10. The van der Waals surface area contributed by atoms with Gasteiger partial charge < -0.3 is 20.1 Å². The second-order valence-corrected chi connectivity index (χ2v) is 6.84. The molecule has 0 unspecified atom stereocenters. The molecule has 0 radical (unpaired) electrons. The number of benzene rings is 1. The normalized spacial score (nSPS) is 14.5. The highest BCUT2D eigenvalue weighted by Crippen LogP contribution is 2.21. The zero-order valence-corrected chi connectivity index (χ0v) is 16.5. The van der Waals surface area contributed by atoms with Gasteiger partial charge in [-0.1, -0.05) is 12.1 Å². The number of aryl methyl sites for hydroxylation is 1. The van der Waals surface area contributed by atoms with Crippen LogP contribution in [-0.4, -0.2) is 46.3 Å². The van der Waals surface area contributed by atoms with Crippen LogP contribution in [0.5, 0.6) is 0 Å². The maximum atomic E-state index is 11.8. The number of hydrogen-bond acceptors (Lipinski definition) is 4. The molecule has 2 aromatic rings. The number of unbranched alkanes of at least 4 members (excludes halogenated alkanes) is 1. The Kier molecular flexibility index (Phi) is 7.40. The largest absolute Gasteiger partial charge is 0.357 e. The quantitative estimate of drug-likeness (QED) is 0.393. The van der Waals surface area contributed by atoms with E-state index in [9.17, 15) is 4.79 Å². The first-order valence-corrected chi connectivity index (χ1v) is 10.00. The van der Waals surface area contributed by atoms with Gasteiger partial charge in [-0.05, 0) is 43.9 Å². The minimum atomic E-state index is 0.216. The molecule has 150 valence electrons. The number of carbonyl (C=O) groups is 1. The van der Waals surface area contributed by atoms with Crippen LogP contribution >= 0.6 is 0 Å². The molecule has 0 spiro atoms. The van der Waals surface area contributed by atoms with E-state index in [1.54, 1.807) is 12.7 Å². The summed E-state index contributed by atoms with van der Waals surface area (Å²) in [5.74, 6) is 1.04. The Labute approximate surface area is 166 Å². The summed E-state index contributed by atoms with van der Waals surface area (Å²) in [5.41, 5.74) is 2.11.